The van der Waals surface area contributed by atoms with Gasteiger partial charge in [-0.15, -0.1) is 11.3 Å². The minimum absolute atomic E-state index is 0.0971. The molecule has 4 N–H and O–H groups in total. The van der Waals surface area contributed by atoms with Crippen molar-refractivity contribution in [3.05, 3.63) is 29.3 Å². The molecule has 9 heteroatoms. The standard InChI is InChI=1S/C9H9N6O2S/c10-8(16)7(6-3-18-9(11)14-6)15-17-2-5-1-12-4-13-5/h1,3-4,10H,2H2,(H2,11,14)(H,12,13). The summed E-state index contributed by atoms with van der Waals surface area (Å²) < 4.78 is 0. The molecular weight excluding hydrogens is 256 g/mol. The second kappa shape index (κ2) is 5.27. The monoisotopic (exact) mass is 265 g/mol. The van der Waals surface area contributed by atoms with Gasteiger partial charge in [-0.1, -0.05) is 5.16 Å². The third kappa shape index (κ3) is 2.83. The number of hydrogen-bond acceptors (Lipinski definition) is 7. The Morgan fingerprint density at radius 3 is 3.06 bits per heavy atom. The van der Waals surface area contributed by atoms with Crippen molar-refractivity contribution in [1.82, 2.24) is 20.7 Å². The maximum Gasteiger partial charge on any atom is 0.294 e. The van der Waals surface area contributed by atoms with E-state index in [4.69, 9.17) is 16.3 Å². The number of aromatic nitrogens is 3. The van der Waals surface area contributed by atoms with Gasteiger partial charge >= 0.3 is 0 Å². The highest BCUT2D eigenvalue weighted by atomic mass is 32.1. The summed E-state index contributed by atoms with van der Waals surface area (Å²) in [5.74, 6) is -0.984. The number of nitrogens with zero attached hydrogens (tertiary/aromatic N) is 3. The van der Waals surface area contributed by atoms with Gasteiger partial charge in [0.15, 0.2) is 17.5 Å². The number of imidazole rings is 1. The highest BCUT2D eigenvalue weighted by Gasteiger charge is 2.15. The molecule has 0 aromatic carbocycles. The Kier molecular flexibility index (Phi) is 3.53. The predicted octanol–water partition coefficient (Wildman–Crippen LogP) is 0.179. The molecule has 0 aliphatic carbocycles. The lowest BCUT2D eigenvalue weighted by molar-refractivity contribution is -0.112. The number of carbonyl (C=O) groups is 1. The van der Waals surface area contributed by atoms with Crippen LogP contribution >= 0.6 is 11.3 Å². The number of nitrogens with two attached hydrogens (primary N) is 1. The van der Waals surface area contributed by atoms with Crippen LogP contribution in [0.25, 0.3) is 0 Å². The maximum absolute atomic E-state index is 11.1. The van der Waals surface area contributed by atoms with E-state index in [0.717, 1.165) is 11.3 Å². The summed E-state index contributed by atoms with van der Waals surface area (Å²) in [7, 11) is 0. The molecule has 0 saturated carbocycles. The molecule has 93 valence electrons. The highest BCUT2D eigenvalue weighted by molar-refractivity contribution is 7.13. The first-order chi connectivity index (χ1) is 8.66. The number of carbonyl (C=O) groups excluding carboxylic acids is 1. The van der Waals surface area contributed by atoms with Crippen LogP contribution in [0.2, 0.25) is 0 Å². The number of anilines is 1. The fourth-order valence-electron chi connectivity index (χ4n) is 1.13. The molecule has 8 nitrogen and oxygen atoms in total. The Morgan fingerprint density at radius 1 is 1.67 bits per heavy atom. The summed E-state index contributed by atoms with van der Waals surface area (Å²) in [5.41, 5.74) is 13.2. The number of H-pyrrole nitrogens is 1. The number of nitrogen functional groups attached to an aromatic ring is 1. The second-order valence-electron chi connectivity index (χ2n) is 3.17. The highest BCUT2D eigenvalue weighted by Crippen LogP contribution is 2.12. The van der Waals surface area contributed by atoms with E-state index in [2.05, 4.69) is 20.1 Å². The molecule has 2 rings (SSSR count). The molecule has 2 heterocycles. The molecule has 0 saturated heterocycles. The Hall–Kier alpha value is -2.42. The zero-order valence-corrected chi connectivity index (χ0v) is 9.90. The topological polar surface area (TPSA) is 130 Å². The van der Waals surface area contributed by atoms with Crippen molar-refractivity contribution in [3.63, 3.8) is 0 Å². The molecule has 0 atom stereocenters. The molecule has 0 bridgehead atoms. The summed E-state index contributed by atoms with van der Waals surface area (Å²) in [6, 6.07) is 0. The van der Waals surface area contributed by atoms with Gasteiger partial charge in [-0.05, 0) is 0 Å². The first kappa shape index (κ1) is 12.0. The van der Waals surface area contributed by atoms with Crippen LogP contribution in [0.1, 0.15) is 11.4 Å². The fourth-order valence-corrected chi connectivity index (χ4v) is 1.68. The minimum atomic E-state index is -0.984. The molecule has 0 fully saturated rings. The van der Waals surface area contributed by atoms with Gasteiger partial charge in [0.2, 0.25) is 0 Å². The molecule has 1 amide bonds. The van der Waals surface area contributed by atoms with E-state index in [1.165, 1.54) is 6.33 Å². The molecule has 0 aliphatic heterocycles. The predicted molar refractivity (Wildman–Crippen MR) is 64.5 cm³/mol. The first-order valence-corrected chi connectivity index (χ1v) is 5.69. The van der Waals surface area contributed by atoms with E-state index in [-0.39, 0.29) is 18.0 Å². The van der Waals surface area contributed by atoms with Crippen LogP contribution in [0.15, 0.2) is 23.1 Å². The van der Waals surface area contributed by atoms with Crippen LogP contribution < -0.4 is 11.5 Å². The van der Waals surface area contributed by atoms with Gasteiger partial charge < -0.3 is 15.6 Å². The largest absolute Gasteiger partial charge is 0.388 e. The fraction of sp³-hybridized carbons (Fsp3) is 0.111. The van der Waals surface area contributed by atoms with Crippen LogP contribution in [0.4, 0.5) is 5.13 Å². The maximum atomic E-state index is 11.1. The van der Waals surface area contributed by atoms with Gasteiger partial charge in [-0.2, -0.15) is 0 Å². The number of hydrogen-bond donors (Lipinski definition) is 2. The van der Waals surface area contributed by atoms with Gasteiger partial charge in [-0.3, -0.25) is 10.5 Å². The number of aromatic amines is 1. The Balaban J connectivity index is 2.08. The van der Waals surface area contributed by atoms with Gasteiger partial charge in [0, 0.05) is 11.6 Å². The zero-order valence-electron chi connectivity index (χ0n) is 9.08. The molecule has 1 radical (unpaired) electrons. The smallest absolute Gasteiger partial charge is 0.294 e. The van der Waals surface area contributed by atoms with E-state index in [0.29, 0.717) is 10.8 Å². The van der Waals surface area contributed by atoms with Gasteiger partial charge in [0.1, 0.15) is 5.69 Å². The minimum Gasteiger partial charge on any atom is -0.388 e. The van der Waals surface area contributed by atoms with Crippen molar-refractivity contribution in [2.75, 3.05) is 5.73 Å². The van der Waals surface area contributed by atoms with Crippen molar-refractivity contribution >= 4 is 28.1 Å². The number of amides is 1. The Labute approximate surface area is 106 Å². The van der Waals surface area contributed by atoms with E-state index in [1.807, 2.05) is 0 Å². The van der Waals surface area contributed by atoms with Crippen LogP contribution in [-0.2, 0) is 16.2 Å². The first-order valence-electron chi connectivity index (χ1n) is 4.81. The van der Waals surface area contributed by atoms with E-state index < -0.39 is 5.91 Å². The van der Waals surface area contributed by atoms with Crippen LogP contribution in [0.5, 0.6) is 0 Å². The van der Waals surface area contributed by atoms with Crippen molar-refractivity contribution in [1.29, 1.82) is 0 Å². The normalized spacial score (nSPS) is 11.4. The van der Waals surface area contributed by atoms with Crippen molar-refractivity contribution in [2.24, 2.45) is 5.16 Å². The number of thiazole rings is 1. The SMILES string of the molecule is [NH]C(=O)C(=NOCc1c[nH]cn1)c1csc(N)n1. The van der Waals surface area contributed by atoms with Crippen LogP contribution in [0.3, 0.4) is 0 Å². The van der Waals surface area contributed by atoms with Gasteiger partial charge in [0.05, 0.1) is 12.0 Å². The lowest BCUT2D eigenvalue weighted by atomic mass is 10.3. The second-order valence-corrected chi connectivity index (χ2v) is 4.06. The van der Waals surface area contributed by atoms with E-state index in [9.17, 15) is 4.79 Å². The summed E-state index contributed by atoms with van der Waals surface area (Å²) in [4.78, 5) is 26.6. The van der Waals surface area contributed by atoms with Gasteiger partial charge in [-0.25, -0.2) is 9.97 Å². The van der Waals surface area contributed by atoms with Crippen LogP contribution in [-0.4, -0.2) is 26.6 Å². The average Bonchev–Trinajstić information content (AvgIpc) is 2.95. The molecule has 2 aromatic heterocycles. The van der Waals surface area contributed by atoms with Crippen molar-refractivity contribution in [3.8, 4) is 0 Å². The zero-order chi connectivity index (χ0) is 13.0. The Morgan fingerprint density at radius 2 is 2.50 bits per heavy atom. The molecule has 0 unspecified atom stereocenters. The molecule has 0 spiro atoms. The molecule has 18 heavy (non-hydrogen) atoms. The van der Waals surface area contributed by atoms with E-state index >= 15 is 0 Å². The number of nitrogens with one attached hydrogen (secondary N) is 2. The Bertz CT molecular complexity index is 561. The third-order valence-corrected chi connectivity index (χ3v) is 2.58. The van der Waals surface area contributed by atoms with Gasteiger partial charge in [0.25, 0.3) is 5.91 Å². The summed E-state index contributed by atoms with van der Waals surface area (Å²) in [6.07, 6.45) is 3.14. The number of oxime groups is 1. The van der Waals surface area contributed by atoms with Crippen molar-refractivity contribution in [2.45, 2.75) is 6.61 Å². The molecular formula is C9H9N6O2S. The van der Waals surface area contributed by atoms with Crippen molar-refractivity contribution < 1.29 is 9.63 Å². The lowest BCUT2D eigenvalue weighted by Gasteiger charge is -1.98. The third-order valence-electron chi connectivity index (χ3n) is 1.90. The molecule has 2 aromatic rings. The lowest BCUT2D eigenvalue weighted by Crippen LogP contribution is -2.17. The van der Waals surface area contributed by atoms with Crippen LogP contribution in [0, 0.1) is 0 Å². The summed E-state index contributed by atoms with van der Waals surface area (Å²) in [5, 5.41) is 5.43. The molecule has 0 aliphatic rings. The summed E-state index contributed by atoms with van der Waals surface area (Å²) >= 11 is 1.16. The number of rotatable bonds is 5. The quantitative estimate of drug-likeness (QED) is 0.588. The van der Waals surface area contributed by atoms with E-state index in [1.54, 1.807) is 11.6 Å². The average molecular weight is 265 g/mol. The summed E-state index contributed by atoms with van der Waals surface area (Å²) in [6.45, 7) is 0.0971.